The Balaban J connectivity index is 3.01. The summed E-state index contributed by atoms with van der Waals surface area (Å²) in [6.07, 6.45) is 1.58. The monoisotopic (exact) mass is 283 g/mol. The van der Waals surface area contributed by atoms with Crippen molar-refractivity contribution in [3.63, 3.8) is 0 Å². The fourth-order valence-corrected chi connectivity index (χ4v) is 1.78. The van der Waals surface area contributed by atoms with Crippen LogP contribution in [0.4, 0.5) is 5.69 Å². The summed E-state index contributed by atoms with van der Waals surface area (Å²) >= 11 is 5.79. The van der Waals surface area contributed by atoms with Crippen molar-refractivity contribution in [3.8, 4) is 0 Å². The average Bonchev–Trinajstić information content (AvgIpc) is 2.34. The third-order valence-electron chi connectivity index (χ3n) is 2.49. The summed E-state index contributed by atoms with van der Waals surface area (Å²) in [6.45, 7) is 4.29. The van der Waals surface area contributed by atoms with E-state index in [-0.39, 0.29) is 23.6 Å². The molecule has 6 heteroatoms. The first-order valence-corrected chi connectivity index (χ1v) is 5.94. The number of anilines is 1. The molecule has 1 aromatic carbocycles. The molecule has 0 aliphatic heterocycles. The molecule has 0 spiro atoms. The Morgan fingerprint density at radius 1 is 1.37 bits per heavy atom. The van der Waals surface area contributed by atoms with Crippen LogP contribution in [-0.2, 0) is 4.79 Å². The van der Waals surface area contributed by atoms with Gasteiger partial charge in [-0.05, 0) is 18.2 Å². The van der Waals surface area contributed by atoms with Gasteiger partial charge in [0, 0.05) is 18.8 Å². The van der Waals surface area contributed by atoms with Crippen LogP contribution in [0.1, 0.15) is 16.8 Å². The molecule has 0 saturated heterocycles. The fourth-order valence-electron chi connectivity index (χ4n) is 1.59. The van der Waals surface area contributed by atoms with Gasteiger partial charge in [0.1, 0.15) is 0 Å². The number of carboxylic acids is 2. The Hall–Kier alpha value is -2.01. The fraction of sp³-hybridized carbons (Fsp3) is 0.231. The van der Waals surface area contributed by atoms with Gasteiger partial charge in [-0.3, -0.25) is 4.79 Å². The molecule has 1 rings (SSSR count). The van der Waals surface area contributed by atoms with Crippen LogP contribution in [0.15, 0.2) is 30.9 Å². The maximum Gasteiger partial charge on any atom is 0.337 e. The quantitative estimate of drug-likeness (QED) is 0.752. The van der Waals surface area contributed by atoms with Gasteiger partial charge in [-0.25, -0.2) is 4.79 Å². The second kappa shape index (κ2) is 6.80. The van der Waals surface area contributed by atoms with Gasteiger partial charge in [0.2, 0.25) is 0 Å². The zero-order valence-corrected chi connectivity index (χ0v) is 10.9. The van der Waals surface area contributed by atoms with Crippen LogP contribution in [0.25, 0.3) is 0 Å². The smallest absolute Gasteiger partial charge is 0.337 e. The molecule has 0 saturated carbocycles. The van der Waals surface area contributed by atoms with Crippen molar-refractivity contribution < 1.29 is 19.8 Å². The van der Waals surface area contributed by atoms with Crippen molar-refractivity contribution in [1.82, 2.24) is 0 Å². The predicted molar refractivity (Wildman–Crippen MR) is 73.1 cm³/mol. The van der Waals surface area contributed by atoms with E-state index in [1.54, 1.807) is 17.0 Å². The van der Waals surface area contributed by atoms with Gasteiger partial charge >= 0.3 is 11.9 Å². The van der Waals surface area contributed by atoms with Crippen LogP contribution in [0.3, 0.4) is 0 Å². The highest BCUT2D eigenvalue weighted by atomic mass is 35.5. The molecule has 102 valence electrons. The number of halogens is 1. The molecule has 0 aliphatic carbocycles. The summed E-state index contributed by atoms with van der Waals surface area (Å²) in [5, 5.41) is 17.8. The largest absolute Gasteiger partial charge is 0.481 e. The molecule has 1 aromatic rings. The number of benzene rings is 1. The molecule has 0 unspecified atom stereocenters. The van der Waals surface area contributed by atoms with Crippen molar-refractivity contribution in [3.05, 3.63) is 41.4 Å². The zero-order valence-electron chi connectivity index (χ0n) is 10.2. The van der Waals surface area contributed by atoms with Crippen molar-refractivity contribution in [2.45, 2.75) is 6.42 Å². The van der Waals surface area contributed by atoms with E-state index in [0.29, 0.717) is 12.2 Å². The average molecular weight is 284 g/mol. The van der Waals surface area contributed by atoms with Gasteiger partial charge < -0.3 is 15.1 Å². The SMILES string of the molecule is C=CCN(CCC(=O)O)c1ccc(Cl)c(C(=O)O)c1. The number of hydrogen-bond donors (Lipinski definition) is 2. The Kier molecular flexibility index (Phi) is 5.38. The predicted octanol–water partition coefficient (Wildman–Crippen LogP) is 2.51. The topological polar surface area (TPSA) is 77.8 Å². The van der Waals surface area contributed by atoms with Crippen LogP contribution in [0.2, 0.25) is 5.02 Å². The molecule has 0 aromatic heterocycles. The summed E-state index contributed by atoms with van der Waals surface area (Å²) in [5.41, 5.74) is 0.589. The van der Waals surface area contributed by atoms with Gasteiger partial charge in [-0.1, -0.05) is 17.7 Å². The summed E-state index contributed by atoms with van der Waals surface area (Å²) in [4.78, 5) is 23.3. The molecule has 0 aliphatic rings. The second-order valence-corrected chi connectivity index (χ2v) is 4.25. The van der Waals surface area contributed by atoms with Crippen molar-refractivity contribution in [2.75, 3.05) is 18.0 Å². The van der Waals surface area contributed by atoms with Crippen LogP contribution in [0.5, 0.6) is 0 Å². The highest BCUT2D eigenvalue weighted by Crippen LogP contribution is 2.23. The van der Waals surface area contributed by atoms with E-state index in [4.69, 9.17) is 21.8 Å². The molecule has 0 radical (unpaired) electrons. The van der Waals surface area contributed by atoms with Crippen molar-refractivity contribution in [1.29, 1.82) is 0 Å². The number of hydrogen-bond acceptors (Lipinski definition) is 3. The molecule has 2 N–H and O–H groups in total. The van der Waals surface area contributed by atoms with Crippen LogP contribution in [0, 0.1) is 0 Å². The molecule has 0 amide bonds. The number of rotatable bonds is 7. The zero-order chi connectivity index (χ0) is 14.4. The standard InChI is InChI=1S/C13H14ClNO4/c1-2-6-15(7-5-12(16)17)9-3-4-11(14)10(8-9)13(18)19/h2-4,8H,1,5-7H2,(H,16,17)(H,18,19). The first-order chi connectivity index (χ1) is 8.95. The highest BCUT2D eigenvalue weighted by Gasteiger charge is 2.13. The summed E-state index contributed by atoms with van der Waals surface area (Å²) in [7, 11) is 0. The van der Waals surface area contributed by atoms with E-state index in [2.05, 4.69) is 6.58 Å². The van der Waals surface area contributed by atoms with Crippen LogP contribution < -0.4 is 4.90 Å². The first kappa shape index (κ1) is 15.0. The minimum Gasteiger partial charge on any atom is -0.481 e. The number of carboxylic acid groups (broad SMARTS) is 2. The van der Waals surface area contributed by atoms with E-state index in [0.717, 1.165) is 0 Å². The lowest BCUT2D eigenvalue weighted by Crippen LogP contribution is -2.26. The minimum atomic E-state index is -1.12. The van der Waals surface area contributed by atoms with E-state index >= 15 is 0 Å². The molecule has 0 bridgehead atoms. The Bertz CT molecular complexity index is 501. The Morgan fingerprint density at radius 3 is 2.58 bits per heavy atom. The van der Waals surface area contributed by atoms with E-state index in [1.807, 2.05) is 0 Å². The Morgan fingerprint density at radius 2 is 2.05 bits per heavy atom. The van der Waals surface area contributed by atoms with Crippen molar-refractivity contribution >= 4 is 29.2 Å². The van der Waals surface area contributed by atoms with Gasteiger partial charge in [-0.15, -0.1) is 6.58 Å². The van der Waals surface area contributed by atoms with Crippen molar-refractivity contribution in [2.24, 2.45) is 0 Å². The maximum absolute atomic E-state index is 11.0. The number of carbonyl (C=O) groups is 2. The molecule has 5 nitrogen and oxygen atoms in total. The van der Waals surface area contributed by atoms with Crippen LogP contribution in [-0.4, -0.2) is 35.2 Å². The van der Waals surface area contributed by atoms with E-state index < -0.39 is 11.9 Å². The third kappa shape index (κ3) is 4.30. The molecule has 19 heavy (non-hydrogen) atoms. The minimum absolute atomic E-state index is 0.0106. The van der Waals surface area contributed by atoms with E-state index in [1.165, 1.54) is 12.1 Å². The number of aromatic carboxylic acids is 1. The second-order valence-electron chi connectivity index (χ2n) is 3.85. The van der Waals surface area contributed by atoms with Gasteiger partial charge in [-0.2, -0.15) is 0 Å². The molecule has 0 fully saturated rings. The first-order valence-electron chi connectivity index (χ1n) is 5.56. The van der Waals surface area contributed by atoms with Gasteiger partial charge in [0.25, 0.3) is 0 Å². The highest BCUT2D eigenvalue weighted by molar-refractivity contribution is 6.33. The molecular formula is C13H14ClNO4. The molecule has 0 heterocycles. The summed E-state index contributed by atoms with van der Waals surface area (Å²) in [5.74, 6) is -2.04. The number of nitrogens with zero attached hydrogens (tertiary/aromatic N) is 1. The summed E-state index contributed by atoms with van der Waals surface area (Å²) < 4.78 is 0. The normalized spacial score (nSPS) is 9.95. The van der Waals surface area contributed by atoms with E-state index in [9.17, 15) is 9.59 Å². The lowest BCUT2D eigenvalue weighted by atomic mass is 10.1. The van der Waals surface area contributed by atoms with Gasteiger partial charge in [0.15, 0.2) is 0 Å². The van der Waals surface area contributed by atoms with Gasteiger partial charge in [0.05, 0.1) is 17.0 Å². The lowest BCUT2D eigenvalue weighted by molar-refractivity contribution is -0.136. The molecule has 0 atom stereocenters. The van der Waals surface area contributed by atoms with Crippen LogP contribution >= 0.6 is 11.6 Å². The maximum atomic E-state index is 11.0. The Labute approximate surface area is 115 Å². The third-order valence-corrected chi connectivity index (χ3v) is 2.82. The summed E-state index contributed by atoms with van der Waals surface area (Å²) in [6, 6.07) is 4.56. The molecular weight excluding hydrogens is 270 g/mol. The number of aliphatic carboxylic acids is 1. The lowest BCUT2D eigenvalue weighted by Gasteiger charge is -2.23.